The summed E-state index contributed by atoms with van der Waals surface area (Å²) in [7, 11) is 0. The van der Waals surface area contributed by atoms with Gasteiger partial charge in [0.05, 0.1) is 13.2 Å². The number of aliphatic imine (C=N–C) groups is 1. The fraction of sp³-hybridized carbons (Fsp3) is 0.562. The van der Waals surface area contributed by atoms with Gasteiger partial charge in [-0.05, 0) is 30.5 Å². The zero-order valence-electron chi connectivity index (χ0n) is 12.5. The second kappa shape index (κ2) is 6.21. The van der Waals surface area contributed by atoms with Crippen molar-refractivity contribution in [2.24, 2.45) is 4.99 Å². The Morgan fingerprint density at radius 2 is 2.19 bits per heavy atom. The van der Waals surface area contributed by atoms with E-state index in [1.807, 2.05) is 11.8 Å². The lowest BCUT2D eigenvalue weighted by Crippen LogP contribution is -2.42. The van der Waals surface area contributed by atoms with E-state index in [9.17, 15) is 0 Å². The van der Waals surface area contributed by atoms with Crippen molar-refractivity contribution in [1.82, 2.24) is 5.32 Å². The van der Waals surface area contributed by atoms with E-state index in [0.717, 1.165) is 47.0 Å². The molecule has 1 fully saturated rings. The highest BCUT2D eigenvalue weighted by atomic mass is 79.9. The second-order valence-corrected chi connectivity index (χ2v) is 7.55. The molecule has 2 heterocycles. The number of benzene rings is 1. The molecule has 0 atom stereocenters. The summed E-state index contributed by atoms with van der Waals surface area (Å²) in [6.07, 6.45) is 3.29. The van der Waals surface area contributed by atoms with Crippen LogP contribution in [0.5, 0.6) is 5.75 Å². The maximum atomic E-state index is 5.77. The van der Waals surface area contributed by atoms with Crippen molar-refractivity contribution in [3.8, 4) is 5.75 Å². The van der Waals surface area contributed by atoms with Crippen LogP contribution in [0, 0.1) is 0 Å². The van der Waals surface area contributed by atoms with Crippen molar-refractivity contribution in [2.75, 3.05) is 12.4 Å². The van der Waals surface area contributed by atoms with Gasteiger partial charge in [-0.3, -0.25) is 4.99 Å². The number of hydrogen-bond acceptors (Lipinski definition) is 3. The van der Waals surface area contributed by atoms with E-state index in [1.165, 1.54) is 11.1 Å². The third kappa shape index (κ3) is 3.09. The average Bonchev–Trinajstić information content (AvgIpc) is 3.11. The van der Waals surface area contributed by atoms with Gasteiger partial charge >= 0.3 is 0 Å². The van der Waals surface area contributed by atoms with Crippen molar-refractivity contribution >= 4 is 32.9 Å². The molecule has 5 heteroatoms. The fourth-order valence-corrected chi connectivity index (χ4v) is 4.73. The predicted octanol–water partition coefficient (Wildman–Crippen LogP) is 4.14. The Bertz CT molecular complexity index is 570. The van der Waals surface area contributed by atoms with Gasteiger partial charge in [-0.25, -0.2) is 0 Å². The average molecular weight is 369 g/mol. The van der Waals surface area contributed by atoms with Crippen LogP contribution in [0.25, 0.3) is 0 Å². The van der Waals surface area contributed by atoms with Gasteiger partial charge in [0.15, 0.2) is 5.17 Å². The molecule has 2 aliphatic heterocycles. The molecule has 1 aromatic carbocycles. The van der Waals surface area contributed by atoms with Crippen LogP contribution in [0.15, 0.2) is 21.6 Å². The fourth-order valence-electron chi connectivity index (χ4n) is 2.84. The van der Waals surface area contributed by atoms with E-state index in [4.69, 9.17) is 9.73 Å². The van der Waals surface area contributed by atoms with Gasteiger partial charge < -0.3 is 10.1 Å². The van der Waals surface area contributed by atoms with E-state index in [2.05, 4.69) is 47.2 Å². The van der Waals surface area contributed by atoms with Gasteiger partial charge in [0.25, 0.3) is 0 Å². The number of halogens is 1. The molecule has 0 bridgehead atoms. The maximum Gasteiger partial charge on any atom is 0.157 e. The Morgan fingerprint density at radius 1 is 1.38 bits per heavy atom. The van der Waals surface area contributed by atoms with Gasteiger partial charge in [-0.1, -0.05) is 41.5 Å². The Labute approximate surface area is 139 Å². The van der Waals surface area contributed by atoms with E-state index in [-0.39, 0.29) is 5.54 Å². The van der Waals surface area contributed by atoms with Gasteiger partial charge in [0.1, 0.15) is 5.75 Å². The summed E-state index contributed by atoms with van der Waals surface area (Å²) < 4.78 is 6.88. The highest BCUT2D eigenvalue weighted by molar-refractivity contribution is 9.10. The summed E-state index contributed by atoms with van der Waals surface area (Å²) in [5.41, 5.74) is 2.71. The quantitative estimate of drug-likeness (QED) is 0.866. The molecule has 1 aromatic rings. The third-order valence-electron chi connectivity index (χ3n) is 4.43. The predicted molar refractivity (Wildman–Crippen MR) is 93.4 cm³/mol. The van der Waals surface area contributed by atoms with E-state index in [0.29, 0.717) is 6.54 Å². The van der Waals surface area contributed by atoms with Crippen LogP contribution >= 0.6 is 27.7 Å². The lowest BCUT2D eigenvalue weighted by molar-refractivity contribution is 0.353. The molecule has 0 aliphatic carbocycles. The lowest BCUT2D eigenvalue weighted by Gasteiger charge is -2.25. The Balaban J connectivity index is 1.76. The molecular weight excluding hydrogens is 348 g/mol. The summed E-state index contributed by atoms with van der Waals surface area (Å²) in [6, 6.07) is 4.28. The molecule has 21 heavy (non-hydrogen) atoms. The highest BCUT2D eigenvalue weighted by Gasteiger charge is 2.33. The van der Waals surface area contributed by atoms with Crippen LogP contribution in [0.2, 0.25) is 0 Å². The van der Waals surface area contributed by atoms with Gasteiger partial charge in [-0.2, -0.15) is 0 Å². The van der Waals surface area contributed by atoms with Crippen LogP contribution in [0.4, 0.5) is 0 Å². The van der Waals surface area contributed by atoms with Gasteiger partial charge in [0, 0.05) is 27.7 Å². The number of nitrogens with one attached hydrogen (secondary N) is 1. The first-order chi connectivity index (χ1) is 10.2. The number of amidine groups is 1. The van der Waals surface area contributed by atoms with E-state index in [1.54, 1.807) is 0 Å². The molecule has 0 aromatic heterocycles. The van der Waals surface area contributed by atoms with Gasteiger partial charge in [-0.15, -0.1) is 0 Å². The van der Waals surface area contributed by atoms with Crippen molar-refractivity contribution in [3.63, 3.8) is 0 Å². The minimum atomic E-state index is 0.235. The van der Waals surface area contributed by atoms with Crippen molar-refractivity contribution in [3.05, 3.63) is 27.7 Å². The first kappa shape index (κ1) is 15.2. The Kier molecular flexibility index (Phi) is 4.50. The molecule has 0 radical (unpaired) electrons. The van der Waals surface area contributed by atoms with Crippen LogP contribution in [0.1, 0.15) is 37.8 Å². The number of ether oxygens (including phenoxy) is 1. The normalized spacial score (nSPS) is 21.2. The molecule has 3 rings (SSSR count). The smallest absolute Gasteiger partial charge is 0.157 e. The molecule has 1 N–H and O–H groups in total. The monoisotopic (exact) mass is 368 g/mol. The Morgan fingerprint density at radius 3 is 2.90 bits per heavy atom. The number of rotatable bonds is 4. The summed E-state index contributed by atoms with van der Waals surface area (Å²) >= 11 is 5.43. The largest absolute Gasteiger partial charge is 0.493 e. The lowest BCUT2D eigenvalue weighted by atomic mass is 9.96. The standard InChI is InChI=1S/C16H21BrN2OS/c1-3-16(4-2)10-21-15(19-16)18-9-12-8-13(17)7-11-5-6-20-14(11)12/h7-8H,3-6,9-10H2,1-2H3,(H,18,19). The van der Waals surface area contributed by atoms with Crippen LogP contribution in [0.3, 0.4) is 0 Å². The van der Waals surface area contributed by atoms with Crippen molar-refractivity contribution in [2.45, 2.75) is 45.2 Å². The summed E-state index contributed by atoms with van der Waals surface area (Å²) in [4.78, 5) is 4.77. The van der Waals surface area contributed by atoms with E-state index >= 15 is 0 Å². The summed E-state index contributed by atoms with van der Waals surface area (Å²) in [6.45, 7) is 5.96. The molecular formula is C16H21BrN2OS. The number of fused-ring (bicyclic) bond motifs is 1. The zero-order chi connectivity index (χ0) is 14.9. The third-order valence-corrected chi connectivity index (χ3v) is 6.09. The minimum absolute atomic E-state index is 0.235. The molecule has 1 saturated heterocycles. The van der Waals surface area contributed by atoms with Crippen LogP contribution in [-0.2, 0) is 13.0 Å². The first-order valence-corrected chi connectivity index (χ1v) is 9.33. The summed E-state index contributed by atoms with van der Waals surface area (Å²) in [5, 5.41) is 4.69. The molecule has 114 valence electrons. The van der Waals surface area contributed by atoms with Crippen LogP contribution < -0.4 is 10.1 Å². The van der Waals surface area contributed by atoms with Crippen molar-refractivity contribution < 1.29 is 4.74 Å². The van der Waals surface area contributed by atoms with Crippen molar-refractivity contribution in [1.29, 1.82) is 0 Å². The number of thioether (sulfide) groups is 1. The highest BCUT2D eigenvalue weighted by Crippen LogP contribution is 2.34. The Hall–Kier alpha value is -0.680. The number of hydrogen-bond donors (Lipinski definition) is 1. The second-order valence-electron chi connectivity index (χ2n) is 5.67. The van der Waals surface area contributed by atoms with E-state index < -0.39 is 0 Å². The minimum Gasteiger partial charge on any atom is -0.493 e. The topological polar surface area (TPSA) is 33.6 Å². The molecule has 3 nitrogen and oxygen atoms in total. The molecule has 0 saturated carbocycles. The number of nitrogens with zero attached hydrogens (tertiary/aromatic N) is 1. The van der Waals surface area contributed by atoms with Gasteiger partial charge in [0.2, 0.25) is 0 Å². The summed E-state index contributed by atoms with van der Waals surface area (Å²) in [5.74, 6) is 2.16. The zero-order valence-corrected chi connectivity index (χ0v) is 14.9. The SMILES string of the molecule is CCC1(CC)CSC(=NCc2cc(Br)cc3c2OCC3)N1. The molecule has 2 aliphatic rings. The molecule has 0 amide bonds. The molecule has 0 spiro atoms. The molecule has 0 unspecified atom stereocenters. The first-order valence-electron chi connectivity index (χ1n) is 7.55. The maximum absolute atomic E-state index is 5.77. The van der Waals surface area contributed by atoms with Crippen LogP contribution in [-0.4, -0.2) is 23.1 Å².